The quantitative estimate of drug-likeness (QED) is 0.255. The summed E-state index contributed by atoms with van der Waals surface area (Å²) in [7, 11) is 0. The van der Waals surface area contributed by atoms with Crippen molar-refractivity contribution in [3.05, 3.63) is 86.7 Å². The van der Waals surface area contributed by atoms with Crippen molar-refractivity contribution in [2.45, 2.75) is 45.1 Å². The first-order chi connectivity index (χ1) is 18.8. The van der Waals surface area contributed by atoms with Crippen LogP contribution in [0, 0.1) is 6.92 Å². The molecule has 10 heteroatoms. The summed E-state index contributed by atoms with van der Waals surface area (Å²) in [5.41, 5.74) is 4.31. The molecule has 0 spiro atoms. The fraction of sp³-hybridized carbons (Fsp3) is 0.241. The summed E-state index contributed by atoms with van der Waals surface area (Å²) in [5.74, 6) is 0.976. The van der Waals surface area contributed by atoms with E-state index in [9.17, 15) is 14.7 Å². The molecule has 2 aromatic carbocycles. The van der Waals surface area contributed by atoms with Crippen LogP contribution in [0.2, 0.25) is 10.0 Å². The highest BCUT2D eigenvalue weighted by atomic mass is 35.5. The molecule has 0 bridgehead atoms. The number of anilines is 2. The molecule has 3 heterocycles. The molecule has 198 valence electrons. The van der Waals surface area contributed by atoms with Gasteiger partial charge in [-0.3, -0.25) is 9.69 Å². The highest BCUT2D eigenvalue weighted by Gasteiger charge is 2.34. The first kappa shape index (κ1) is 25.4. The van der Waals surface area contributed by atoms with Crippen molar-refractivity contribution < 1.29 is 24.0 Å². The van der Waals surface area contributed by atoms with E-state index in [4.69, 9.17) is 32.5 Å². The number of aromatic nitrogens is 2. The maximum Gasteiger partial charge on any atom is 0.337 e. The number of fused-ring (bicyclic) bond motifs is 1. The maximum absolute atomic E-state index is 12.9. The van der Waals surface area contributed by atoms with Crippen LogP contribution in [-0.2, 0) is 17.8 Å². The number of pyridine rings is 1. The number of carboxylic acids is 1. The van der Waals surface area contributed by atoms with Crippen LogP contribution in [0.4, 0.5) is 11.5 Å². The van der Waals surface area contributed by atoms with E-state index in [1.165, 1.54) is 12.3 Å². The van der Waals surface area contributed by atoms with Crippen molar-refractivity contribution in [3.8, 4) is 17.0 Å². The summed E-state index contributed by atoms with van der Waals surface area (Å²) in [4.78, 5) is 30.1. The van der Waals surface area contributed by atoms with Gasteiger partial charge in [0.1, 0.15) is 29.6 Å². The van der Waals surface area contributed by atoms with Gasteiger partial charge in [-0.1, -0.05) is 34.4 Å². The fourth-order valence-corrected chi connectivity index (χ4v) is 5.49. The molecule has 2 aliphatic rings. The number of benzene rings is 2. The standard InChI is InChI=1S/C29H23Cl2N3O5/c1-15-11-18(29(36)37)13-32-28(15)34-23-9-8-19(12-17(23)7-10-24(34)35)38-14-20-26(33-39-27(20)16-5-6-16)25-21(30)3-2-4-22(25)31/h2-4,8-9,11-13,16H,5-7,10,14H2,1H3,(H,36,37). The highest BCUT2D eigenvalue weighted by Crippen LogP contribution is 2.46. The van der Waals surface area contributed by atoms with Crippen LogP contribution in [-0.4, -0.2) is 27.1 Å². The molecule has 0 saturated heterocycles. The average molecular weight is 564 g/mol. The van der Waals surface area contributed by atoms with Gasteiger partial charge in [-0.15, -0.1) is 0 Å². The molecule has 1 amide bonds. The van der Waals surface area contributed by atoms with Crippen LogP contribution in [0.3, 0.4) is 0 Å². The number of hydrogen-bond acceptors (Lipinski definition) is 6. The SMILES string of the molecule is Cc1cc(C(=O)O)cnc1N1C(=O)CCc2cc(OCc3c(-c4c(Cl)cccc4Cl)noc3C3CC3)ccc21. The number of aryl methyl sites for hydroxylation is 2. The molecule has 1 aliphatic heterocycles. The van der Waals surface area contributed by atoms with Gasteiger partial charge >= 0.3 is 5.97 Å². The molecule has 6 rings (SSSR count). The van der Waals surface area contributed by atoms with Gasteiger partial charge in [0.05, 0.1) is 26.9 Å². The molecule has 0 radical (unpaired) electrons. The average Bonchev–Trinajstić information content (AvgIpc) is 3.67. The zero-order valence-corrected chi connectivity index (χ0v) is 22.4. The summed E-state index contributed by atoms with van der Waals surface area (Å²) in [5, 5.41) is 14.6. The van der Waals surface area contributed by atoms with Gasteiger partial charge in [-0.05, 0) is 73.7 Å². The monoisotopic (exact) mass is 563 g/mol. The smallest absolute Gasteiger partial charge is 0.337 e. The number of nitrogens with zero attached hydrogens (tertiary/aromatic N) is 3. The van der Waals surface area contributed by atoms with E-state index in [0.717, 1.165) is 29.7 Å². The van der Waals surface area contributed by atoms with Gasteiger partial charge in [-0.25, -0.2) is 9.78 Å². The van der Waals surface area contributed by atoms with Crippen molar-refractivity contribution >= 4 is 46.6 Å². The molecular formula is C29H23Cl2N3O5. The van der Waals surface area contributed by atoms with Gasteiger partial charge < -0.3 is 14.4 Å². The van der Waals surface area contributed by atoms with E-state index in [1.807, 2.05) is 12.1 Å². The predicted octanol–water partition coefficient (Wildman–Crippen LogP) is 7.12. The Kier molecular flexibility index (Phi) is 6.53. The molecule has 39 heavy (non-hydrogen) atoms. The zero-order chi connectivity index (χ0) is 27.3. The van der Waals surface area contributed by atoms with E-state index < -0.39 is 5.97 Å². The Morgan fingerprint density at radius 2 is 1.92 bits per heavy atom. The van der Waals surface area contributed by atoms with Crippen LogP contribution >= 0.6 is 23.2 Å². The van der Waals surface area contributed by atoms with Crippen LogP contribution < -0.4 is 9.64 Å². The normalized spacial score (nSPS) is 14.8. The van der Waals surface area contributed by atoms with E-state index in [2.05, 4.69) is 10.1 Å². The van der Waals surface area contributed by atoms with Crippen LogP contribution in [0.15, 0.2) is 53.2 Å². The zero-order valence-electron chi connectivity index (χ0n) is 20.9. The number of aromatic carboxylic acids is 1. The third-order valence-corrected chi connectivity index (χ3v) is 7.64. The molecule has 2 aromatic heterocycles. The minimum absolute atomic E-state index is 0.0708. The number of carboxylic acid groups (broad SMARTS) is 1. The first-order valence-corrected chi connectivity index (χ1v) is 13.3. The lowest BCUT2D eigenvalue weighted by Gasteiger charge is -2.30. The Balaban J connectivity index is 1.30. The largest absolute Gasteiger partial charge is 0.489 e. The Bertz CT molecular complexity index is 1610. The summed E-state index contributed by atoms with van der Waals surface area (Å²) in [6.45, 7) is 1.96. The number of ether oxygens (including phenoxy) is 1. The predicted molar refractivity (Wildman–Crippen MR) is 146 cm³/mol. The Morgan fingerprint density at radius 1 is 1.15 bits per heavy atom. The summed E-state index contributed by atoms with van der Waals surface area (Å²) >= 11 is 12.9. The molecule has 8 nitrogen and oxygen atoms in total. The maximum atomic E-state index is 12.9. The van der Waals surface area contributed by atoms with E-state index >= 15 is 0 Å². The van der Waals surface area contributed by atoms with Crippen molar-refractivity contribution in [1.82, 2.24) is 10.1 Å². The minimum atomic E-state index is -1.07. The van der Waals surface area contributed by atoms with Gasteiger partial charge in [0, 0.05) is 24.1 Å². The second kappa shape index (κ2) is 10.0. The number of amides is 1. The minimum Gasteiger partial charge on any atom is -0.489 e. The van der Waals surface area contributed by atoms with Gasteiger partial charge in [0.2, 0.25) is 5.91 Å². The molecule has 1 aliphatic carbocycles. The Morgan fingerprint density at radius 3 is 2.62 bits per heavy atom. The van der Waals surface area contributed by atoms with Crippen molar-refractivity contribution in [3.63, 3.8) is 0 Å². The highest BCUT2D eigenvalue weighted by molar-refractivity contribution is 6.39. The lowest BCUT2D eigenvalue weighted by Crippen LogP contribution is -2.32. The molecule has 1 fully saturated rings. The van der Waals surface area contributed by atoms with E-state index in [0.29, 0.717) is 62.9 Å². The number of hydrogen-bond donors (Lipinski definition) is 1. The second-order valence-electron chi connectivity index (χ2n) is 9.72. The topological polar surface area (TPSA) is 106 Å². The summed E-state index contributed by atoms with van der Waals surface area (Å²) in [6.07, 6.45) is 4.17. The van der Waals surface area contributed by atoms with Crippen molar-refractivity contribution in [1.29, 1.82) is 0 Å². The summed E-state index contributed by atoms with van der Waals surface area (Å²) < 4.78 is 12.0. The number of carbonyl (C=O) groups is 2. The molecule has 0 unspecified atom stereocenters. The van der Waals surface area contributed by atoms with Crippen LogP contribution in [0.1, 0.15) is 58.0 Å². The third-order valence-electron chi connectivity index (χ3n) is 7.01. The van der Waals surface area contributed by atoms with E-state index in [1.54, 1.807) is 36.1 Å². The van der Waals surface area contributed by atoms with Crippen molar-refractivity contribution in [2.75, 3.05) is 4.90 Å². The molecule has 1 saturated carbocycles. The molecule has 1 N–H and O–H groups in total. The van der Waals surface area contributed by atoms with E-state index in [-0.39, 0.29) is 18.1 Å². The van der Waals surface area contributed by atoms with Gasteiger partial charge in [0.25, 0.3) is 0 Å². The second-order valence-corrected chi connectivity index (χ2v) is 10.5. The van der Waals surface area contributed by atoms with Gasteiger partial charge in [0.15, 0.2) is 0 Å². The molecule has 4 aromatic rings. The van der Waals surface area contributed by atoms with Gasteiger partial charge in [-0.2, -0.15) is 0 Å². The Labute approximate surface area is 234 Å². The number of halogens is 2. The first-order valence-electron chi connectivity index (χ1n) is 12.5. The molecular weight excluding hydrogens is 541 g/mol. The fourth-order valence-electron chi connectivity index (χ4n) is 4.91. The summed E-state index contributed by atoms with van der Waals surface area (Å²) in [6, 6.07) is 12.4. The Hall–Kier alpha value is -3.88. The lowest BCUT2D eigenvalue weighted by molar-refractivity contribution is -0.118. The van der Waals surface area contributed by atoms with Crippen molar-refractivity contribution in [2.24, 2.45) is 0 Å². The lowest BCUT2D eigenvalue weighted by atomic mass is 10.00. The molecule has 0 atom stereocenters. The van der Waals surface area contributed by atoms with Crippen LogP contribution in [0.5, 0.6) is 5.75 Å². The third kappa shape index (κ3) is 4.75. The number of rotatable bonds is 7. The van der Waals surface area contributed by atoms with Crippen LogP contribution in [0.25, 0.3) is 11.3 Å². The number of carbonyl (C=O) groups excluding carboxylic acids is 1.